The smallest absolute Gasteiger partial charge is 0.171 e. The number of hydrogen-bond acceptors (Lipinski definition) is 0. The highest BCUT2D eigenvalue weighted by Gasteiger charge is 2.38. The zero-order valence-corrected chi connectivity index (χ0v) is 11.3. The number of rotatable bonds is 7. The van der Waals surface area contributed by atoms with Gasteiger partial charge in [-0.3, -0.25) is 0 Å². The molecule has 0 saturated heterocycles. The van der Waals surface area contributed by atoms with E-state index in [0.717, 1.165) is 0 Å². The summed E-state index contributed by atoms with van der Waals surface area (Å²) in [4.78, 5) is 0. The average Bonchev–Trinajstić information content (AvgIpc) is 2.07. The molecule has 0 heterocycles. The summed E-state index contributed by atoms with van der Waals surface area (Å²) in [5, 5.41) is 0. The molecule has 0 aliphatic rings. The van der Waals surface area contributed by atoms with E-state index in [4.69, 9.17) is 0 Å². The van der Waals surface area contributed by atoms with E-state index in [1.54, 1.807) is 0 Å². The lowest BCUT2D eigenvalue weighted by molar-refractivity contribution is -0.173. The van der Waals surface area contributed by atoms with Gasteiger partial charge < -0.3 is 0 Å². The van der Waals surface area contributed by atoms with Crippen molar-refractivity contribution in [2.45, 2.75) is 64.0 Å². The minimum atomic E-state index is -4.71. The third-order valence-corrected chi connectivity index (χ3v) is 2.93. The van der Waals surface area contributed by atoms with Crippen LogP contribution in [0.4, 0.5) is 39.5 Å². The second kappa shape index (κ2) is 7.58. The maximum Gasteiger partial charge on any atom is 0.389 e. The summed E-state index contributed by atoms with van der Waals surface area (Å²) in [6.45, 7) is 1.27. The van der Waals surface area contributed by atoms with Crippen LogP contribution >= 0.6 is 0 Å². The summed E-state index contributed by atoms with van der Waals surface area (Å²) >= 11 is 0. The van der Waals surface area contributed by atoms with Crippen molar-refractivity contribution in [3.05, 3.63) is 0 Å². The minimum Gasteiger partial charge on any atom is -0.171 e. The fraction of sp³-hybridized carbons (Fsp3) is 1.00. The lowest BCUT2D eigenvalue weighted by atomic mass is 9.91. The molecular weight excluding hydrogens is 315 g/mol. The number of hydrogen-bond donors (Lipinski definition) is 0. The van der Waals surface area contributed by atoms with Crippen molar-refractivity contribution in [1.29, 1.82) is 0 Å². The largest absolute Gasteiger partial charge is 0.389 e. The molecule has 1 atom stereocenters. The van der Waals surface area contributed by atoms with Crippen LogP contribution in [0.1, 0.15) is 45.4 Å². The van der Waals surface area contributed by atoms with Crippen LogP contribution in [0.2, 0.25) is 0 Å². The Labute approximate surface area is 116 Å². The molecule has 0 amide bonds. The van der Waals surface area contributed by atoms with Crippen molar-refractivity contribution in [2.75, 3.05) is 0 Å². The van der Waals surface area contributed by atoms with Gasteiger partial charge in [-0.25, -0.2) is 0 Å². The van der Waals surface area contributed by atoms with Crippen molar-refractivity contribution in [2.24, 2.45) is 11.8 Å². The van der Waals surface area contributed by atoms with Crippen molar-refractivity contribution >= 4 is 0 Å². The molecule has 9 heteroatoms. The molecule has 21 heavy (non-hydrogen) atoms. The van der Waals surface area contributed by atoms with Crippen molar-refractivity contribution in [3.8, 4) is 0 Å². The van der Waals surface area contributed by atoms with Gasteiger partial charge in [0, 0.05) is 19.3 Å². The first-order valence-electron chi connectivity index (χ1n) is 6.38. The van der Waals surface area contributed by atoms with Crippen LogP contribution in [-0.4, -0.2) is 18.5 Å². The van der Waals surface area contributed by atoms with Gasteiger partial charge in [-0.05, 0) is 18.3 Å². The van der Waals surface area contributed by atoms with Gasteiger partial charge in [-0.1, -0.05) is 19.8 Å². The Morgan fingerprint density at radius 2 is 1.00 bits per heavy atom. The molecule has 0 aromatic rings. The van der Waals surface area contributed by atoms with Crippen molar-refractivity contribution < 1.29 is 39.5 Å². The van der Waals surface area contributed by atoms with Gasteiger partial charge in [0.05, 0.1) is 0 Å². The number of alkyl halides is 9. The molecule has 0 aliphatic carbocycles. The van der Waals surface area contributed by atoms with E-state index < -0.39 is 49.6 Å². The summed E-state index contributed by atoms with van der Waals surface area (Å²) in [5.74, 6) is -2.45. The second-order valence-electron chi connectivity index (χ2n) is 5.36. The third-order valence-electron chi connectivity index (χ3n) is 2.93. The lowest BCUT2D eigenvalue weighted by Crippen LogP contribution is -2.22. The highest BCUT2D eigenvalue weighted by Crippen LogP contribution is 2.36. The van der Waals surface area contributed by atoms with E-state index in [1.165, 1.54) is 6.92 Å². The highest BCUT2D eigenvalue weighted by atomic mass is 19.4. The minimum absolute atomic E-state index is 0.0499. The molecule has 0 aromatic heterocycles. The SMILES string of the molecule is CC(CCCC(CC(F)(F)F)CC(F)(F)F)CC(F)(F)F. The Morgan fingerprint density at radius 1 is 0.619 bits per heavy atom. The Kier molecular flexibility index (Phi) is 7.35. The molecule has 0 spiro atoms. The van der Waals surface area contributed by atoms with Crippen LogP contribution in [0.15, 0.2) is 0 Å². The summed E-state index contributed by atoms with van der Waals surface area (Å²) in [6, 6.07) is 0. The van der Waals surface area contributed by atoms with Gasteiger partial charge in [0.2, 0.25) is 0 Å². The van der Waals surface area contributed by atoms with E-state index >= 15 is 0 Å². The fourth-order valence-corrected chi connectivity index (χ4v) is 2.18. The summed E-state index contributed by atoms with van der Waals surface area (Å²) in [5.41, 5.74) is 0. The van der Waals surface area contributed by atoms with E-state index in [-0.39, 0.29) is 19.3 Å². The first-order chi connectivity index (χ1) is 9.18. The summed E-state index contributed by atoms with van der Waals surface area (Å²) in [6.07, 6.45) is -18.6. The van der Waals surface area contributed by atoms with E-state index in [0.29, 0.717) is 0 Å². The van der Waals surface area contributed by atoms with E-state index in [1.807, 2.05) is 0 Å². The first kappa shape index (κ1) is 20.4. The molecule has 128 valence electrons. The molecule has 0 nitrogen and oxygen atoms in total. The Morgan fingerprint density at radius 3 is 1.33 bits per heavy atom. The van der Waals surface area contributed by atoms with Crippen molar-refractivity contribution in [1.82, 2.24) is 0 Å². The predicted octanol–water partition coefficient (Wildman–Crippen LogP) is 6.27. The maximum absolute atomic E-state index is 12.2. The average molecular weight is 332 g/mol. The highest BCUT2D eigenvalue weighted by molar-refractivity contribution is 4.70. The molecule has 0 aliphatic heterocycles. The molecule has 0 saturated carbocycles. The molecule has 0 N–H and O–H groups in total. The normalized spacial score (nSPS) is 15.6. The van der Waals surface area contributed by atoms with Crippen LogP contribution in [-0.2, 0) is 0 Å². The summed E-state index contributed by atoms with van der Waals surface area (Å²) < 4.78 is 109. The van der Waals surface area contributed by atoms with Crippen LogP contribution < -0.4 is 0 Å². The maximum atomic E-state index is 12.2. The van der Waals surface area contributed by atoms with Crippen LogP contribution in [0.3, 0.4) is 0 Å². The third kappa shape index (κ3) is 14.1. The fourth-order valence-electron chi connectivity index (χ4n) is 2.18. The van der Waals surface area contributed by atoms with E-state index in [2.05, 4.69) is 0 Å². The van der Waals surface area contributed by atoms with Gasteiger partial charge in [-0.15, -0.1) is 0 Å². The zero-order chi connectivity index (χ0) is 16.9. The zero-order valence-electron chi connectivity index (χ0n) is 11.3. The van der Waals surface area contributed by atoms with Gasteiger partial charge in [-0.2, -0.15) is 39.5 Å². The molecule has 0 radical (unpaired) electrons. The number of halogens is 9. The Bertz CT molecular complexity index is 271. The lowest BCUT2D eigenvalue weighted by Gasteiger charge is -2.21. The standard InChI is InChI=1S/C12H17F9/c1-8(5-10(13,14)15)3-2-4-9(6-11(16,17)18)7-12(19,20)21/h8-9H,2-7H2,1H3. The molecule has 0 rings (SSSR count). The Balaban J connectivity index is 4.30. The van der Waals surface area contributed by atoms with Gasteiger partial charge in [0.1, 0.15) is 0 Å². The Hall–Kier alpha value is -0.630. The van der Waals surface area contributed by atoms with Crippen LogP contribution in [0, 0.1) is 11.8 Å². The monoisotopic (exact) mass is 332 g/mol. The van der Waals surface area contributed by atoms with Crippen LogP contribution in [0.25, 0.3) is 0 Å². The molecule has 1 unspecified atom stereocenters. The van der Waals surface area contributed by atoms with Crippen LogP contribution in [0.5, 0.6) is 0 Å². The summed E-state index contributed by atoms with van der Waals surface area (Å²) in [7, 11) is 0. The molecule has 0 bridgehead atoms. The van der Waals surface area contributed by atoms with Gasteiger partial charge in [0.25, 0.3) is 0 Å². The topological polar surface area (TPSA) is 0 Å². The predicted molar refractivity (Wildman–Crippen MR) is 58.5 cm³/mol. The first-order valence-corrected chi connectivity index (χ1v) is 6.38. The quantitative estimate of drug-likeness (QED) is 0.482. The molecular formula is C12H17F9. The van der Waals surface area contributed by atoms with Gasteiger partial charge >= 0.3 is 18.5 Å². The van der Waals surface area contributed by atoms with Crippen molar-refractivity contribution in [3.63, 3.8) is 0 Å². The second-order valence-corrected chi connectivity index (χ2v) is 5.36. The molecule has 0 fully saturated rings. The van der Waals surface area contributed by atoms with E-state index in [9.17, 15) is 39.5 Å². The molecule has 0 aromatic carbocycles. The van der Waals surface area contributed by atoms with Gasteiger partial charge in [0.15, 0.2) is 0 Å².